The molecule has 4 rings (SSSR count). The van der Waals surface area contributed by atoms with Crippen LogP contribution in [0.1, 0.15) is 0 Å². The number of nitrogens with one attached hydrogen (secondary N) is 3. The van der Waals surface area contributed by atoms with Crippen molar-refractivity contribution in [3.63, 3.8) is 0 Å². The molecule has 3 N–H and O–H groups in total. The summed E-state index contributed by atoms with van der Waals surface area (Å²) in [5, 5.41) is 25.1. The van der Waals surface area contributed by atoms with Gasteiger partial charge in [-0.25, -0.2) is 0 Å². The van der Waals surface area contributed by atoms with Crippen molar-refractivity contribution in [1.29, 1.82) is 0 Å². The molecule has 8 heteroatoms. The predicted octanol–water partition coefficient (Wildman–Crippen LogP) is 3.37. The first-order valence-corrected chi connectivity index (χ1v) is 7.20. The van der Waals surface area contributed by atoms with Crippen LogP contribution >= 0.6 is 0 Å². The van der Waals surface area contributed by atoms with Crippen molar-refractivity contribution in [2.75, 3.05) is 0 Å². The Labute approximate surface area is 135 Å². The SMILES string of the molecule is O=[N+]([O-])c1ccc(-c2cn[nH]c2-c2cc(-c3ccc[nH]3)n[nH]2)cc1. The van der Waals surface area contributed by atoms with E-state index in [1.54, 1.807) is 18.3 Å². The summed E-state index contributed by atoms with van der Waals surface area (Å²) in [6.45, 7) is 0. The highest BCUT2D eigenvalue weighted by Gasteiger charge is 2.14. The zero-order chi connectivity index (χ0) is 16.5. The van der Waals surface area contributed by atoms with E-state index in [2.05, 4.69) is 25.4 Å². The Morgan fingerprint density at radius 3 is 2.58 bits per heavy atom. The van der Waals surface area contributed by atoms with Crippen LogP contribution in [-0.4, -0.2) is 30.3 Å². The molecule has 0 aliphatic heterocycles. The van der Waals surface area contributed by atoms with Crippen LogP contribution in [0.5, 0.6) is 0 Å². The van der Waals surface area contributed by atoms with E-state index in [4.69, 9.17) is 0 Å². The number of nitro groups is 1. The number of nitro benzene ring substituents is 1. The summed E-state index contributed by atoms with van der Waals surface area (Å²) in [6.07, 6.45) is 3.52. The maximum absolute atomic E-state index is 10.8. The fourth-order valence-electron chi connectivity index (χ4n) is 2.55. The van der Waals surface area contributed by atoms with Crippen molar-refractivity contribution < 1.29 is 4.92 Å². The molecule has 1 aromatic carbocycles. The molecule has 0 amide bonds. The molecule has 0 saturated carbocycles. The first-order valence-electron chi connectivity index (χ1n) is 7.20. The molecule has 3 aromatic heterocycles. The third kappa shape index (κ3) is 2.35. The zero-order valence-electron chi connectivity index (χ0n) is 12.4. The summed E-state index contributed by atoms with van der Waals surface area (Å²) < 4.78 is 0. The van der Waals surface area contributed by atoms with Gasteiger partial charge in [-0.3, -0.25) is 20.3 Å². The topological polar surface area (TPSA) is 116 Å². The summed E-state index contributed by atoms with van der Waals surface area (Å²) >= 11 is 0. The Morgan fingerprint density at radius 1 is 1.04 bits per heavy atom. The standard InChI is InChI=1S/C16H12N6O2/c23-22(24)11-5-3-10(4-6-11)12-9-18-21-16(12)15-8-14(19-20-15)13-2-1-7-17-13/h1-9,17H,(H,18,21)(H,19,20). The lowest BCUT2D eigenvalue weighted by Gasteiger charge is -2.01. The van der Waals surface area contributed by atoms with E-state index in [0.717, 1.165) is 33.9 Å². The van der Waals surface area contributed by atoms with Gasteiger partial charge in [-0.1, -0.05) is 0 Å². The normalized spacial score (nSPS) is 10.8. The van der Waals surface area contributed by atoms with Crippen molar-refractivity contribution >= 4 is 5.69 Å². The van der Waals surface area contributed by atoms with Crippen LogP contribution in [0, 0.1) is 10.1 Å². The molecule has 0 radical (unpaired) electrons. The molecule has 0 spiro atoms. The number of hydrogen-bond donors (Lipinski definition) is 3. The summed E-state index contributed by atoms with van der Waals surface area (Å²) in [4.78, 5) is 13.5. The number of aromatic amines is 3. The van der Waals surface area contributed by atoms with Crippen molar-refractivity contribution in [3.05, 3.63) is 65.0 Å². The molecule has 24 heavy (non-hydrogen) atoms. The van der Waals surface area contributed by atoms with Crippen LogP contribution in [0.4, 0.5) is 5.69 Å². The van der Waals surface area contributed by atoms with Gasteiger partial charge in [-0.05, 0) is 35.9 Å². The molecule has 0 atom stereocenters. The van der Waals surface area contributed by atoms with Gasteiger partial charge in [0.05, 0.1) is 28.2 Å². The average Bonchev–Trinajstić information content (AvgIpc) is 3.33. The van der Waals surface area contributed by atoms with Gasteiger partial charge in [0.1, 0.15) is 5.69 Å². The Kier molecular flexibility index (Phi) is 3.20. The van der Waals surface area contributed by atoms with E-state index in [1.165, 1.54) is 12.1 Å². The van der Waals surface area contributed by atoms with E-state index in [-0.39, 0.29) is 5.69 Å². The molecular weight excluding hydrogens is 308 g/mol. The lowest BCUT2D eigenvalue weighted by atomic mass is 10.0. The minimum Gasteiger partial charge on any atom is -0.360 e. The molecule has 8 nitrogen and oxygen atoms in total. The smallest absolute Gasteiger partial charge is 0.269 e. The molecule has 0 fully saturated rings. The highest BCUT2D eigenvalue weighted by atomic mass is 16.6. The van der Waals surface area contributed by atoms with Crippen LogP contribution in [-0.2, 0) is 0 Å². The van der Waals surface area contributed by atoms with E-state index in [0.29, 0.717) is 0 Å². The number of non-ortho nitro benzene ring substituents is 1. The number of nitrogens with zero attached hydrogens (tertiary/aromatic N) is 3. The molecular formula is C16H12N6O2. The molecule has 0 bridgehead atoms. The molecule has 0 saturated heterocycles. The molecule has 118 valence electrons. The van der Waals surface area contributed by atoms with Gasteiger partial charge >= 0.3 is 0 Å². The number of rotatable bonds is 4. The quantitative estimate of drug-likeness (QED) is 0.395. The monoisotopic (exact) mass is 320 g/mol. The van der Waals surface area contributed by atoms with E-state index in [1.807, 2.05) is 24.4 Å². The van der Waals surface area contributed by atoms with Gasteiger partial charge in [0.15, 0.2) is 0 Å². The highest BCUT2D eigenvalue weighted by molar-refractivity contribution is 5.80. The highest BCUT2D eigenvalue weighted by Crippen LogP contribution is 2.31. The number of benzene rings is 1. The third-order valence-corrected chi connectivity index (χ3v) is 3.75. The maximum Gasteiger partial charge on any atom is 0.269 e. The fraction of sp³-hybridized carbons (Fsp3) is 0. The second kappa shape index (κ2) is 5.51. The first kappa shape index (κ1) is 13.9. The number of hydrogen-bond acceptors (Lipinski definition) is 4. The summed E-state index contributed by atoms with van der Waals surface area (Å²) in [5.74, 6) is 0. The van der Waals surface area contributed by atoms with Crippen LogP contribution in [0.2, 0.25) is 0 Å². The molecule has 0 aliphatic carbocycles. The Balaban J connectivity index is 1.71. The van der Waals surface area contributed by atoms with Crippen LogP contribution in [0.15, 0.2) is 54.9 Å². The van der Waals surface area contributed by atoms with Crippen molar-refractivity contribution in [3.8, 4) is 33.9 Å². The second-order valence-corrected chi connectivity index (χ2v) is 5.21. The van der Waals surface area contributed by atoms with E-state index in [9.17, 15) is 10.1 Å². The van der Waals surface area contributed by atoms with Crippen molar-refractivity contribution in [2.45, 2.75) is 0 Å². The van der Waals surface area contributed by atoms with Crippen LogP contribution < -0.4 is 0 Å². The summed E-state index contributed by atoms with van der Waals surface area (Å²) in [5.41, 5.74) is 4.99. The summed E-state index contributed by atoms with van der Waals surface area (Å²) in [7, 11) is 0. The molecule has 4 aromatic rings. The van der Waals surface area contributed by atoms with E-state index < -0.39 is 4.92 Å². The minimum atomic E-state index is -0.419. The van der Waals surface area contributed by atoms with Crippen molar-refractivity contribution in [2.24, 2.45) is 0 Å². The number of H-pyrrole nitrogens is 3. The number of aromatic nitrogens is 5. The lowest BCUT2D eigenvalue weighted by Crippen LogP contribution is -1.88. The average molecular weight is 320 g/mol. The Hall–Kier alpha value is -3.68. The minimum absolute atomic E-state index is 0.0550. The van der Waals surface area contributed by atoms with Crippen LogP contribution in [0.25, 0.3) is 33.9 Å². The Bertz CT molecular complexity index is 982. The van der Waals surface area contributed by atoms with Gasteiger partial charge in [-0.15, -0.1) is 0 Å². The van der Waals surface area contributed by atoms with Gasteiger partial charge in [0, 0.05) is 23.9 Å². The Morgan fingerprint density at radius 2 is 1.88 bits per heavy atom. The molecule has 0 aliphatic rings. The zero-order valence-corrected chi connectivity index (χ0v) is 12.4. The van der Waals surface area contributed by atoms with Crippen molar-refractivity contribution in [1.82, 2.24) is 25.4 Å². The van der Waals surface area contributed by atoms with Gasteiger partial charge in [-0.2, -0.15) is 10.2 Å². The van der Waals surface area contributed by atoms with Crippen LogP contribution in [0.3, 0.4) is 0 Å². The predicted molar refractivity (Wildman–Crippen MR) is 88.0 cm³/mol. The van der Waals surface area contributed by atoms with Gasteiger partial charge in [0.25, 0.3) is 5.69 Å². The third-order valence-electron chi connectivity index (χ3n) is 3.75. The van der Waals surface area contributed by atoms with E-state index >= 15 is 0 Å². The maximum atomic E-state index is 10.8. The summed E-state index contributed by atoms with van der Waals surface area (Å²) in [6, 6.07) is 12.1. The van der Waals surface area contributed by atoms with Gasteiger partial charge < -0.3 is 4.98 Å². The molecule has 3 heterocycles. The lowest BCUT2D eigenvalue weighted by molar-refractivity contribution is -0.384. The largest absolute Gasteiger partial charge is 0.360 e. The second-order valence-electron chi connectivity index (χ2n) is 5.21. The fourth-order valence-corrected chi connectivity index (χ4v) is 2.55. The molecule has 0 unspecified atom stereocenters. The first-order chi connectivity index (χ1) is 11.7. The van der Waals surface area contributed by atoms with Gasteiger partial charge in [0.2, 0.25) is 0 Å².